The number of carbonyl (C=O) groups is 2. The summed E-state index contributed by atoms with van der Waals surface area (Å²) in [7, 11) is 1.64. The fourth-order valence-electron chi connectivity index (χ4n) is 5.32. The first-order chi connectivity index (χ1) is 19.8. The average molecular weight is 553 g/mol. The standard InChI is InChI=1S/C32H36N6O3/c1-6-37(7-2)16-15-33-32(40)30-20(3)28(35-21(30)4)19-26-25-17-22(11-12-27(25)36-31(26)39)29-13-14-34-38(29)23-9-8-10-24(18-23)41-5/h8-14,17-19,35H,6-7,15-16H2,1-5H3,(H,33,40)(H,36,39)/b26-19-. The van der Waals surface area contributed by atoms with Crippen LogP contribution in [0.1, 0.15) is 46.7 Å². The number of likely N-dealkylation sites (N-methyl/N-ethyl adjacent to an activating group) is 1. The maximum absolute atomic E-state index is 13.1. The van der Waals surface area contributed by atoms with Crippen LogP contribution >= 0.6 is 0 Å². The van der Waals surface area contributed by atoms with E-state index in [9.17, 15) is 9.59 Å². The van der Waals surface area contributed by atoms with Gasteiger partial charge in [-0.05, 0) is 68.9 Å². The molecule has 3 N–H and O–H groups in total. The highest BCUT2D eigenvalue weighted by atomic mass is 16.5. The smallest absolute Gasteiger partial charge is 0.256 e. The zero-order valence-electron chi connectivity index (χ0n) is 24.2. The van der Waals surface area contributed by atoms with Crippen molar-refractivity contribution in [1.29, 1.82) is 0 Å². The Morgan fingerprint density at radius 3 is 2.68 bits per heavy atom. The number of ether oxygens (including phenoxy) is 1. The first kappa shape index (κ1) is 27.9. The Morgan fingerprint density at radius 2 is 1.93 bits per heavy atom. The van der Waals surface area contributed by atoms with Gasteiger partial charge in [0.05, 0.1) is 35.8 Å². The molecule has 9 nitrogen and oxygen atoms in total. The summed E-state index contributed by atoms with van der Waals surface area (Å²) in [4.78, 5) is 31.7. The van der Waals surface area contributed by atoms with E-state index in [0.717, 1.165) is 70.5 Å². The van der Waals surface area contributed by atoms with Crippen molar-refractivity contribution in [3.63, 3.8) is 0 Å². The second-order valence-electron chi connectivity index (χ2n) is 10.0. The van der Waals surface area contributed by atoms with E-state index in [1.165, 1.54) is 0 Å². The lowest BCUT2D eigenvalue weighted by molar-refractivity contribution is -0.110. The molecule has 0 atom stereocenters. The third-order valence-electron chi connectivity index (χ3n) is 7.64. The molecule has 2 aromatic heterocycles. The summed E-state index contributed by atoms with van der Waals surface area (Å²) in [6.45, 7) is 11.3. The molecule has 1 aliphatic rings. The summed E-state index contributed by atoms with van der Waals surface area (Å²) < 4.78 is 7.24. The largest absolute Gasteiger partial charge is 0.497 e. The summed E-state index contributed by atoms with van der Waals surface area (Å²) in [6, 6.07) is 15.5. The Labute approximate surface area is 240 Å². The van der Waals surface area contributed by atoms with Gasteiger partial charge >= 0.3 is 0 Å². The fourth-order valence-corrected chi connectivity index (χ4v) is 5.32. The number of methoxy groups -OCH3 is 1. The molecule has 0 saturated carbocycles. The molecule has 3 heterocycles. The van der Waals surface area contributed by atoms with Crippen LogP contribution in [-0.4, -0.2) is 64.8 Å². The molecule has 0 fully saturated rings. The van der Waals surface area contributed by atoms with E-state index in [2.05, 4.69) is 39.5 Å². The summed E-state index contributed by atoms with van der Waals surface area (Å²) in [5, 5.41) is 10.5. The van der Waals surface area contributed by atoms with Crippen molar-refractivity contribution in [3.05, 3.63) is 82.8 Å². The van der Waals surface area contributed by atoms with Gasteiger partial charge in [0.25, 0.3) is 11.8 Å². The summed E-state index contributed by atoms with van der Waals surface area (Å²) in [6.07, 6.45) is 3.58. The van der Waals surface area contributed by atoms with Crippen LogP contribution in [0.3, 0.4) is 0 Å². The van der Waals surface area contributed by atoms with Crippen LogP contribution in [0.2, 0.25) is 0 Å². The molecule has 0 aliphatic carbocycles. The molecule has 212 valence electrons. The number of amides is 2. The van der Waals surface area contributed by atoms with E-state index in [1.54, 1.807) is 13.3 Å². The van der Waals surface area contributed by atoms with Crippen molar-refractivity contribution in [1.82, 2.24) is 25.0 Å². The average Bonchev–Trinajstić information content (AvgIpc) is 3.66. The first-order valence-electron chi connectivity index (χ1n) is 13.9. The van der Waals surface area contributed by atoms with E-state index in [1.807, 2.05) is 73.1 Å². The molecule has 41 heavy (non-hydrogen) atoms. The molecule has 0 bridgehead atoms. The number of benzene rings is 2. The molecular weight excluding hydrogens is 516 g/mol. The van der Waals surface area contributed by atoms with Crippen LogP contribution in [0, 0.1) is 13.8 Å². The Balaban J connectivity index is 1.45. The highest BCUT2D eigenvalue weighted by Crippen LogP contribution is 2.37. The SMILES string of the molecule is CCN(CC)CCNC(=O)c1c(C)[nH]c(/C=C2\C(=O)Nc3ccc(-c4ccnn4-c4cccc(OC)c4)cc32)c1C. The Bertz CT molecular complexity index is 1630. The molecule has 4 aromatic rings. The van der Waals surface area contributed by atoms with Crippen LogP contribution in [-0.2, 0) is 4.79 Å². The van der Waals surface area contributed by atoms with Gasteiger partial charge in [0.2, 0.25) is 0 Å². The van der Waals surface area contributed by atoms with Crippen molar-refractivity contribution in [2.45, 2.75) is 27.7 Å². The number of aromatic amines is 1. The van der Waals surface area contributed by atoms with E-state index >= 15 is 0 Å². The molecule has 9 heteroatoms. The number of aromatic nitrogens is 3. The normalized spacial score (nSPS) is 13.5. The molecule has 2 amide bonds. The van der Waals surface area contributed by atoms with Crippen LogP contribution in [0.15, 0.2) is 54.7 Å². The third kappa shape index (κ3) is 5.53. The van der Waals surface area contributed by atoms with Gasteiger partial charge in [0.1, 0.15) is 5.75 Å². The van der Waals surface area contributed by atoms with E-state index in [0.29, 0.717) is 17.7 Å². The minimum absolute atomic E-state index is 0.113. The zero-order chi connectivity index (χ0) is 29.1. The summed E-state index contributed by atoms with van der Waals surface area (Å²) >= 11 is 0. The van der Waals surface area contributed by atoms with Crippen molar-refractivity contribution in [2.75, 3.05) is 38.6 Å². The first-order valence-corrected chi connectivity index (χ1v) is 13.9. The number of anilines is 1. The summed E-state index contributed by atoms with van der Waals surface area (Å²) in [5.41, 5.74) is 7.67. The molecule has 0 radical (unpaired) electrons. The maximum Gasteiger partial charge on any atom is 0.256 e. The third-order valence-corrected chi connectivity index (χ3v) is 7.64. The van der Waals surface area contributed by atoms with Gasteiger partial charge in [-0.2, -0.15) is 5.10 Å². The van der Waals surface area contributed by atoms with Gasteiger partial charge in [-0.15, -0.1) is 0 Å². The minimum atomic E-state index is -0.185. The molecule has 0 spiro atoms. The number of hydrogen-bond donors (Lipinski definition) is 3. The quantitative estimate of drug-likeness (QED) is 0.239. The van der Waals surface area contributed by atoms with E-state index in [-0.39, 0.29) is 11.8 Å². The predicted octanol–water partition coefficient (Wildman–Crippen LogP) is 5.06. The number of aryl methyl sites for hydroxylation is 1. The van der Waals surface area contributed by atoms with Crippen LogP contribution in [0.5, 0.6) is 5.75 Å². The van der Waals surface area contributed by atoms with Crippen LogP contribution in [0.25, 0.3) is 28.6 Å². The lowest BCUT2D eigenvalue weighted by atomic mass is 10.0. The molecule has 0 saturated heterocycles. The van der Waals surface area contributed by atoms with E-state index in [4.69, 9.17) is 4.74 Å². The van der Waals surface area contributed by atoms with Gasteiger partial charge in [0, 0.05) is 47.4 Å². The highest BCUT2D eigenvalue weighted by Gasteiger charge is 2.26. The highest BCUT2D eigenvalue weighted by molar-refractivity contribution is 6.35. The number of fused-ring (bicyclic) bond motifs is 1. The van der Waals surface area contributed by atoms with Gasteiger partial charge in [-0.1, -0.05) is 26.0 Å². The number of carbonyl (C=O) groups excluding carboxylic acids is 2. The number of nitrogens with one attached hydrogen (secondary N) is 3. The Morgan fingerprint density at radius 1 is 1.12 bits per heavy atom. The van der Waals surface area contributed by atoms with Crippen LogP contribution < -0.4 is 15.4 Å². The van der Waals surface area contributed by atoms with Crippen molar-refractivity contribution in [3.8, 4) is 22.7 Å². The fraction of sp³-hybridized carbons (Fsp3) is 0.281. The summed E-state index contributed by atoms with van der Waals surface area (Å²) in [5.74, 6) is 0.444. The monoisotopic (exact) mass is 552 g/mol. The predicted molar refractivity (Wildman–Crippen MR) is 162 cm³/mol. The van der Waals surface area contributed by atoms with Gasteiger partial charge in [-0.25, -0.2) is 4.68 Å². The van der Waals surface area contributed by atoms with Crippen LogP contribution in [0.4, 0.5) is 5.69 Å². The number of rotatable bonds is 10. The number of hydrogen-bond acceptors (Lipinski definition) is 5. The van der Waals surface area contributed by atoms with E-state index < -0.39 is 0 Å². The van der Waals surface area contributed by atoms with Gasteiger partial charge < -0.3 is 25.3 Å². The van der Waals surface area contributed by atoms with Gasteiger partial charge in [0.15, 0.2) is 0 Å². The van der Waals surface area contributed by atoms with Crippen molar-refractivity contribution >= 4 is 29.2 Å². The molecular formula is C32H36N6O3. The number of H-pyrrole nitrogens is 1. The minimum Gasteiger partial charge on any atom is -0.497 e. The zero-order valence-corrected chi connectivity index (χ0v) is 24.2. The molecule has 5 rings (SSSR count). The Kier molecular flexibility index (Phi) is 8.07. The molecule has 2 aromatic carbocycles. The maximum atomic E-state index is 13.1. The molecule has 1 aliphatic heterocycles. The molecule has 0 unspecified atom stereocenters. The topological polar surface area (TPSA) is 104 Å². The second kappa shape index (κ2) is 11.9. The van der Waals surface area contributed by atoms with Crippen molar-refractivity contribution < 1.29 is 14.3 Å². The Hall–Kier alpha value is -4.63. The van der Waals surface area contributed by atoms with Crippen molar-refractivity contribution in [2.24, 2.45) is 0 Å². The second-order valence-corrected chi connectivity index (χ2v) is 10.0. The lowest BCUT2D eigenvalue weighted by Gasteiger charge is -2.18. The lowest BCUT2D eigenvalue weighted by Crippen LogP contribution is -2.35. The number of nitrogens with zero attached hydrogens (tertiary/aromatic N) is 3. The van der Waals surface area contributed by atoms with Gasteiger partial charge in [-0.3, -0.25) is 9.59 Å².